The minimum atomic E-state index is -3.16. The van der Waals surface area contributed by atoms with E-state index in [1.54, 1.807) is 0 Å². The van der Waals surface area contributed by atoms with Crippen molar-refractivity contribution < 1.29 is 13.2 Å². The van der Waals surface area contributed by atoms with Gasteiger partial charge in [0.05, 0.1) is 11.1 Å². The lowest BCUT2D eigenvalue weighted by Gasteiger charge is -2.38. The standard InChI is InChI=1S/C14H23N3O3S2/c1-11-10-16(2)8-9-17(11)14(18)13-5-4-12(21-13)6-7-15-22(3,19)20/h4-5,11,15H,6-10H2,1-3H3/t11-/m0/s1. The maximum atomic E-state index is 12.6. The number of hydrogen-bond donors (Lipinski definition) is 1. The Morgan fingerprint density at radius 3 is 2.77 bits per heavy atom. The van der Waals surface area contributed by atoms with E-state index in [9.17, 15) is 13.2 Å². The molecule has 0 unspecified atom stereocenters. The first kappa shape index (κ1) is 17.4. The van der Waals surface area contributed by atoms with Gasteiger partial charge in [-0.2, -0.15) is 0 Å². The lowest BCUT2D eigenvalue weighted by molar-refractivity contribution is 0.0538. The maximum absolute atomic E-state index is 12.6. The molecule has 1 amide bonds. The largest absolute Gasteiger partial charge is 0.333 e. The summed E-state index contributed by atoms with van der Waals surface area (Å²) in [5, 5.41) is 0. The van der Waals surface area contributed by atoms with Gasteiger partial charge in [0.2, 0.25) is 10.0 Å². The molecule has 2 rings (SSSR count). The number of sulfonamides is 1. The highest BCUT2D eigenvalue weighted by molar-refractivity contribution is 7.88. The summed E-state index contributed by atoms with van der Waals surface area (Å²) in [6.07, 6.45) is 1.74. The molecular formula is C14H23N3O3S2. The number of nitrogens with one attached hydrogen (secondary N) is 1. The van der Waals surface area contributed by atoms with E-state index in [-0.39, 0.29) is 11.9 Å². The molecule has 22 heavy (non-hydrogen) atoms. The molecule has 1 N–H and O–H groups in total. The molecule has 1 atom stereocenters. The quantitative estimate of drug-likeness (QED) is 0.849. The fourth-order valence-corrected chi connectivity index (χ4v) is 4.01. The van der Waals surface area contributed by atoms with E-state index < -0.39 is 10.0 Å². The third kappa shape index (κ3) is 4.77. The zero-order chi connectivity index (χ0) is 16.3. The summed E-state index contributed by atoms with van der Waals surface area (Å²) in [6.45, 7) is 4.96. The number of hydrogen-bond acceptors (Lipinski definition) is 5. The SMILES string of the molecule is C[C@H]1CN(C)CCN1C(=O)c1ccc(CCNS(C)(=O)=O)s1. The van der Waals surface area contributed by atoms with Gasteiger partial charge in [0.25, 0.3) is 5.91 Å². The van der Waals surface area contributed by atoms with Crippen LogP contribution in [-0.2, 0) is 16.4 Å². The van der Waals surface area contributed by atoms with Gasteiger partial charge >= 0.3 is 0 Å². The molecule has 124 valence electrons. The first-order chi connectivity index (χ1) is 10.3. The van der Waals surface area contributed by atoms with Crippen LogP contribution in [0.5, 0.6) is 0 Å². The summed E-state index contributed by atoms with van der Waals surface area (Å²) in [4.78, 5) is 18.5. The first-order valence-corrected chi connectivity index (χ1v) is 10.00. The summed E-state index contributed by atoms with van der Waals surface area (Å²) in [5.41, 5.74) is 0. The van der Waals surface area contributed by atoms with E-state index in [0.717, 1.165) is 35.6 Å². The normalized spacial score (nSPS) is 20.3. The number of carbonyl (C=O) groups excluding carboxylic acids is 1. The Morgan fingerprint density at radius 1 is 1.41 bits per heavy atom. The van der Waals surface area contributed by atoms with Crippen LogP contribution >= 0.6 is 11.3 Å². The predicted octanol–water partition coefficient (Wildman–Crippen LogP) is 0.616. The first-order valence-electron chi connectivity index (χ1n) is 7.29. The molecule has 8 heteroatoms. The van der Waals surface area contributed by atoms with Crippen molar-refractivity contribution in [2.75, 3.05) is 39.5 Å². The molecule has 1 aliphatic heterocycles. The summed E-state index contributed by atoms with van der Waals surface area (Å²) >= 11 is 1.45. The Labute approximate surface area is 136 Å². The highest BCUT2D eigenvalue weighted by Crippen LogP contribution is 2.21. The molecule has 1 aliphatic rings. The van der Waals surface area contributed by atoms with Crippen LogP contribution in [0.3, 0.4) is 0 Å². The Kier molecular flexibility index (Phi) is 5.60. The maximum Gasteiger partial charge on any atom is 0.264 e. The molecule has 0 radical (unpaired) electrons. The van der Waals surface area contributed by atoms with Gasteiger partial charge in [-0.15, -0.1) is 11.3 Å². The van der Waals surface area contributed by atoms with Gasteiger partial charge in [-0.05, 0) is 32.5 Å². The smallest absolute Gasteiger partial charge is 0.264 e. The van der Waals surface area contributed by atoms with Gasteiger partial charge < -0.3 is 9.80 Å². The molecule has 0 aliphatic carbocycles. The van der Waals surface area contributed by atoms with Crippen molar-refractivity contribution in [1.29, 1.82) is 0 Å². The third-order valence-electron chi connectivity index (χ3n) is 3.70. The highest BCUT2D eigenvalue weighted by atomic mass is 32.2. The molecule has 2 heterocycles. The zero-order valence-corrected chi connectivity index (χ0v) is 14.8. The van der Waals surface area contributed by atoms with Crippen LogP contribution in [0.25, 0.3) is 0 Å². The highest BCUT2D eigenvalue weighted by Gasteiger charge is 2.27. The Hall–Kier alpha value is -0.960. The van der Waals surface area contributed by atoms with E-state index in [2.05, 4.69) is 23.6 Å². The lowest BCUT2D eigenvalue weighted by atomic mass is 10.2. The average molecular weight is 345 g/mol. The molecular weight excluding hydrogens is 322 g/mol. The third-order valence-corrected chi connectivity index (χ3v) is 5.56. The summed E-state index contributed by atoms with van der Waals surface area (Å²) < 4.78 is 24.5. The molecule has 1 aromatic heterocycles. The van der Waals surface area contributed by atoms with E-state index in [1.807, 2.05) is 17.0 Å². The molecule has 0 saturated carbocycles. The topological polar surface area (TPSA) is 69.7 Å². The van der Waals surface area contributed by atoms with Gasteiger partial charge in [0.15, 0.2) is 0 Å². The number of likely N-dealkylation sites (N-methyl/N-ethyl adjacent to an activating group) is 1. The van der Waals surface area contributed by atoms with Crippen LogP contribution in [0.15, 0.2) is 12.1 Å². The molecule has 0 bridgehead atoms. The van der Waals surface area contributed by atoms with Gasteiger partial charge in [0, 0.05) is 37.1 Å². The van der Waals surface area contributed by atoms with Gasteiger partial charge in [-0.25, -0.2) is 13.1 Å². The molecule has 0 spiro atoms. The van der Waals surface area contributed by atoms with Crippen molar-refractivity contribution in [2.24, 2.45) is 0 Å². The van der Waals surface area contributed by atoms with Crippen LogP contribution in [-0.4, -0.2) is 69.6 Å². The predicted molar refractivity (Wildman–Crippen MR) is 88.9 cm³/mol. The number of thiophene rings is 1. The van der Waals surface area contributed by atoms with E-state index in [0.29, 0.717) is 13.0 Å². The second kappa shape index (κ2) is 7.08. The Balaban J connectivity index is 1.94. The van der Waals surface area contributed by atoms with Crippen molar-refractivity contribution in [3.63, 3.8) is 0 Å². The van der Waals surface area contributed by atoms with Crippen LogP contribution in [0.2, 0.25) is 0 Å². The Morgan fingerprint density at radius 2 is 2.14 bits per heavy atom. The molecule has 0 aromatic carbocycles. The van der Waals surface area contributed by atoms with E-state index in [1.165, 1.54) is 11.3 Å². The van der Waals surface area contributed by atoms with Crippen LogP contribution in [0.4, 0.5) is 0 Å². The number of amides is 1. The van der Waals surface area contributed by atoms with Gasteiger partial charge in [0.1, 0.15) is 0 Å². The minimum absolute atomic E-state index is 0.0768. The Bertz CT molecular complexity index is 627. The minimum Gasteiger partial charge on any atom is -0.333 e. The molecule has 6 nitrogen and oxygen atoms in total. The number of rotatable bonds is 5. The van der Waals surface area contributed by atoms with Gasteiger partial charge in [-0.3, -0.25) is 4.79 Å². The van der Waals surface area contributed by atoms with Crippen LogP contribution in [0, 0.1) is 0 Å². The van der Waals surface area contributed by atoms with Crippen molar-refractivity contribution >= 4 is 27.3 Å². The van der Waals surface area contributed by atoms with Crippen molar-refractivity contribution in [1.82, 2.24) is 14.5 Å². The second-order valence-corrected chi connectivity index (χ2v) is 8.79. The average Bonchev–Trinajstić information content (AvgIpc) is 2.85. The lowest BCUT2D eigenvalue weighted by Crippen LogP contribution is -2.52. The van der Waals surface area contributed by atoms with E-state index >= 15 is 0 Å². The van der Waals surface area contributed by atoms with Crippen molar-refractivity contribution in [3.05, 3.63) is 21.9 Å². The van der Waals surface area contributed by atoms with Crippen LogP contribution < -0.4 is 4.72 Å². The van der Waals surface area contributed by atoms with E-state index in [4.69, 9.17) is 0 Å². The summed E-state index contributed by atoms with van der Waals surface area (Å²) in [6, 6.07) is 3.96. The number of carbonyl (C=O) groups is 1. The molecule has 1 fully saturated rings. The second-order valence-electron chi connectivity index (χ2n) is 5.79. The number of piperazine rings is 1. The number of nitrogens with zero attached hydrogens (tertiary/aromatic N) is 2. The monoisotopic (exact) mass is 345 g/mol. The van der Waals surface area contributed by atoms with Crippen molar-refractivity contribution in [3.8, 4) is 0 Å². The van der Waals surface area contributed by atoms with Gasteiger partial charge in [-0.1, -0.05) is 0 Å². The fraction of sp³-hybridized carbons (Fsp3) is 0.643. The molecule has 1 saturated heterocycles. The summed E-state index contributed by atoms with van der Waals surface area (Å²) in [7, 11) is -1.09. The van der Waals surface area contributed by atoms with Crippen molar-refractivity contribution in [2.45, 2.75) is 19.4 Å². The fourth-order valence-electron chi connectivity index (χ4n) is 2.57. The molecule has 1 aromatic rings. The summed E-state index contributed by atoms with van der Waals surface area (Å²) in [5.74, 6) is 0.0768. The zero-order valence-electron chi connectivity index (χ0n) is 13.2. The van der Waals surface area contributed by atoms with Crippen LogP contribution in [0.1, 0.15) is 21.5 Å².